The topological polar surface area (TPSA) is 79.5 Å². The fourth-order valence-electron chi connectivity index (χ4n) is 5.29. The van der Waals surface area contributed by atoms with Crippen LogP contribution in [0, 0.1) is 6.92 Å². The van der Waals surface area contributed by atoms with E-state index >= 15 is 0 Å². The van der Waals surface area contributed by atoms with Crippen molar-refractivity contribution in [2.45, 2.75) is 38.5 Å². The minimum absolute atomic E-state index is 0.0144. The van der Waals surface area contributed by atoms with E-state index in [2.05, 4.69) is 50.8 Å². The maximum Gasteiger partial charge on any atom is 0.229 e. The van der Waals surface area contributed by atoms with E-state index in [9.17, 15) is 4.79 Å². The van der Waals surface area contributed by atoms with E-state index in [1.165, 1.54) is 5.56 Å². The molecular formula is C30H32N4O3S. The summed E-state index contributed by atoms with van der Waals surface area (Å²) in [6.07, 6.45) is 6.36. The van der Waals surface area contributed by atoms with E-state index in [4.69, 9.17) is 9.47 Å². The highest BCUT2D eigenvalue weighted by Crippen LogP contribution is 2.32. The Balaban J connectivity index is 1.13. The first-order valence-electron chi connectivity index (χ1n) is 13.1. The lowest BCUT2D eigenvalue weighted by molar-refractivity contribution is -0.185. The van der Waals surface area contributed by atoms with Crippen LogP contribution in [0.5, 0.6) is 0 Å². The summed E-state index contributed by atoms with van der Waals surface area (Å²) in [6, 6.07) is 16.6. The van der Waals surface area contributed by atoms with Crippen LogP contribution in [-0.4, -0.2) is 53.1 Å². The highest BCUT2D eigenvalue weighted by Gasteiger charge is 2.39. The Morgan fingerprint density at radius 1 is 1.13 bits per heavy atom. The van der Waals surface area contributed by atoms with Crippen molar-refractivity contribution in [1.82, 2.24) is 15.1 Å². The summed E-state index contributed by atoms with van der Waals surface area (Å²) in [6.45, 7) is 6.29. The predicted octanol–water partition coefficient (Wildman–Crippen LogP) is 5.62. The van der Waals surface area contributed by atoms with Gasteiger partial charge in [0.25, 0.3) is 0 Å². The van der Waals surface area contributed by atoms with E-state index in [1.54, 1.807) is 11.3 Å². The molecule has 2 aliphatic rings. The molecule has 38 heavy (non-hydrogen) atoms. The molecule has 1 amide bonds. The van der Waals surface area contributed by atoms with E-state index < -0.39 is 0 Å². The second-order valence-electron chi connectivity index (χ2n) is 10.1. The van der Waals surface area contributed by atoms with Crippen molar-refractivity contribution in [2.75, 3.05) is 31.6 Å². The van der Waals surface area contributed by atoms with Gasteiger partial charge in [0, 0.05) is 48.4 Å². The van der Waals surface area contributed by atoms with Gasteiger partial charge < -0.3 is 14.8 Å². The van der Waals surface area contributed by atoms with Gasteiger partial charge in [-0.1, -0.05) is 36.4 Å². The Kier molecular flexibility index (Phi) is 7.12. The van der Waals surface area contributed by atoms with Crippen molar-refractivity contribution in [3.63, 3.8) is 0 Å². The number of anilines is 1. The summed E-state index contributed by atoms with van der Waals surface area (Å²) >= 11 is 1.59. The fourth-order valence-corrected chi connectivity index (χ4v) is 5.99. The maximum atomic E-state index is 12.6. The first-order valence-corrected chi connectivity index (χ1v) is 14.0. The van der Waals surface area contributed by atoms with Crippen LogP contribution in [0.1, 0.15) is 40.1 Å². The lowest BCUT2D eigenvalue weighted by atomic mass is 10.0. The number of fused-ring (bicyclic) bond motifs is 1. The van der Waals surface area contributed by atoms with Gasteiger partial charge in [0.05, 0.1) is 30.8 Å². The number of amides is 1. The second-order valence-corrected chi connectivity index (χ2v) is 11.1. The number of carbonyl (C=O) groups is 1. The van der Waals surface area contributed by atoms with Gasteiger partial charge in [-0.3, -0.25) is 14.8 Å². The third-order valence-electron chi connectivity index (χ3n) is 7.35. The zero-order chi connectivity index (χ0) is 26.0. The Morgan fingerprint density at radius 2 is 1.97 bits per heavy atom. The molecule has 4 heterocycles. The average Bonchev–Trinajstić information content (AvgIpc) is 3.67. The van der Waals surface area contributed by atoms with Gasteiger partial charge in [-0.15, -0.1) is 11.3 Å². The molecular weight excluding hydrogens is 496 g/mol. The molecule has 2 fully saturated rings. The highest BCUT2D eigenvalue weighted by atomic mass is 32.1. The van der Waals surface area contributed by atoms with Gasteiger partial charge in [0.2, 0.25) is 5.91 Å². The molecule has 196 valence electrons. The first-order chi connectivity index (χ1) is 18.6. The maximum absolute atomic E-state index is 12.6. The number of hydrogen-bond donors (Lipinski definition) is 2. The second kappa shape index (κ2) is 10.8. The lowest BCUT2D eigenvalue weighted by Crippen LogP contribution is -2.44. The molecule has 0 aliphatic carbocycles. The number of H-pyrrole nitrogens is 1. The number of benzene rings is 2. The SMILES string of the molecule is Cc1cc2[nH]nc(/C=C/c3cccc(CN4CCC5(CC4)OCCO5)c3)c2cc1NC(=O)Cc1cccs1. The number of carbonyl (C=O) groups excluding carboxylic acids is 1. The zero-order valence-corrected chi connectivity index (χ0v) is 22.4. The van der Waals surface area contributed by atoms with Crippen LogP contribution in [0.2, 0.25) is 0 Å². The van der Waals surface area contributed by atoms with E-state index in [0.29, 0.717) is 19.6 Å². The summed E-state index contributed by atoms with van der Waals surface area (Å²) in [5.41, 5.74) is 6.02. The molecule has 0 radical (unpaired) electrons. The molecule has 4 aromatic rings. The summed E-state index contributed by atoms with van der Waals surface area (Å²) < 4.78 is 11.7. The van der Waals surface area contributed by atoms with Crippen LogP contribution in [0.3, 0.4) is 0 Å². The van der Waals surface area contributed by atoms with Crippen molar-refractivity contribution < 1.29 is 14.3 Å². The summed E-state index contributed by atoms with van der Waals surface area (Å²) in [5, 5.41) is 13.7. The average molecular weight is 529 g/mol. The molecule has 2 aromatic heterocycles. The number of rotatable bonds is 7. The number of aromatic amines is 1. The third-order valence-corrected chi connectivity index (χ3v) is 8.22. The molecule has 0 bridgehead atoms. The van der Waals surface area contributed by atoms with Crippen LogP contribution in [0.25, 0.3) is 23.1 Å². The number of hydrogen-bond acceptors (Lipinski definition) is 6. The molecule has 0 saturated carbocycles. The number of nitrogens with zero attached hydrogens (tertiary/aromatic N) is 2. The van der Waals surface area contributed by atoms with Gasteiger partial charge in [-0.05, 0) is 53.3 Å². The van der Waals surface area contributed by atoms with E-state index in [0.717, 1.165) is 70.8 Å². The quantitative estimate of drug-likeness (QED) is 0.325. The number of ether oxygens (including phenoxy) is 2. The number of nitrogens with one attached hydrogen (secondary N) is 2. The number of piperidine rings is 1. The molecule has 0 unspecified atom stereocenters. The van der Waals surface area contributed by atoms with Crippen LogP contribution >= 0.6 is 11.3 Å². The van der Waals surface area contributed by atoms with Crippen LogP contribution in [0.15, 0.2) is 53.9 Å². The summed E-state index contributed by atoms with van der Waals surface area (Å²) in [5.74, 6) is -0.349. The number of aromatic nitrogens is 2. The van der Waals surface area contributed by atoms with Gasteiger partial charge >= 0.3 is 0 Å². The Bertz CT molecular complexity index is 1440. The fraction of sp³-hybridized carbons (Fsp3) is 0.333. The molecule has 1 spiro atoms. The molecule has 8 heteroatoms. The Morgan fingerprint density at radius 3 is 2.76 bits per heavy atom. The van der Waals surface area contributed by atoms with Gasteiger partial charge in [0.1, 0.15) is 0 Å². The third kappa shape index (κ3) is 5.59. The smallest absolute Gasteiger partial charge is 0.229 e. The Hall–Kier alpha value is -3.30. The molecule has 2 aromatic carbocycles. The van der Waals surface area contributed by atoms with Crippen molar-refractivity contribution in [1.29, 1.82) is 0 Å². The van der Waals surface area contributed by atoms with Crippen LogP contribution in [-0.2, 0) is 27.2 Å². The molecule has 2 N–H and O–H groups in total. The number of thiophene rings is 1. The first kappa shape index (κ1) is 25.0. The largest absolute Gasteiger partial charge is 0.347 e. The Labute approximate surface area is 226 Å². The molecule has 2 saturated heterocycles. The van der Waals surface area contributed by atoms with Gasteiger partial charge in [-0.25, -0.2) is 0 Å². The summed E-state index contributed by atoms with van der Waals surface area (Å²) in [4.78, 5) is 16.1. The monoisotopic (exact) mass is 528 g/mol. The minimum Gasteiger partial charge on any atom is -0.347 e. The lowest BCUT2D eigenvalue weighted by Gasteiger charge is -2.37. The van der Waals surface area contributed by atoms with Crippen molar-refractivity contribution >= 4 is 46.0 Å². The molecule has 7 nitrogen and oxygen atoms in total. The predicted molar refractivity (Wildman–Crippen MR) is 152 cm³/mol. The van der Waals surface area contributed by atoms with Crippen molar-refractivity contribution in [3.8, 4) is 0 Å². The van der Waals surface area contributed by atoms with Crippen LogP contribution in [0.4, 0.5) is 5.69 Å². The van der Waals surface area contributed by atoms with Crippen molar-refractivity contribution in [2.24, 2.45) is 0 Å². The molecule has 0 atom stereocenters. The van der Waals surface area contributed by atoms with Gasteiger partial charge in [-0.2, -0.15) is 5.10 Å². The number of aryl methyl sites for hydroxylation is 1. The highest BCUT2D eigenvalue weighted by molar-refractivity contribution is 7.10. The molecule has 6 rings (SSSR count). The minimum atomic E-state index is -0.335. The van der Waals surface area contributed by atoms with Crippen molar-refractivity contribution in [3.05, 3.63) is 81.2 Å². The van der Waals surface area contributed by atoms with Gasteiger partial charge in [0.15, 0.2) is 5.79 Å². The molecule has 2 aliphatic heterocycles. The van der Waals surface area contributed by atoms with E-state index in [-0.39, 0.29) is 11.7 Å². The standard InChI is InChI=1S/C30H32N4O3S/c1-21-16-28-25(19-27(21)31-29(35)18-24-6-3-15-38-24)26(32-33-28)8-7-22-4-2-5-23(17-22)20-34-11-9-30(10-12-34)36-13-14-37-30/h2-8,15-17,19H,9-14,18,20H2,1H3,(H,31,35)(H,32,33)/b8-7+. The zero-order valence-electron chi connectivity index (χ0n) is 21.5. The normalized spacial score (nSPS) is 17.6. The van der Waals surface area contributed by atoms with E-state index in [1.807, 2.05) is 42.6 Å². The van der Waals surface area contributed by atoms with Crippen LogP contribution < -0.4 is 5.32 Å². The number of likely N-dealkylation sites (tertiary alicyclic amines) is 1. The summed E-state index contributed by atoms with van der Waals surface area (Å²) in [7, 11) is 0.